The van der Waals surface area contributed by atoms with Crippen LogP contribution in [0, 0.1) is 10.1 Å². The quantitative estimate of drug-likeness (QED) is 0.0994. The van der Waals surface area contributed by atoms with Gasteiger partial charge in [-0.1, -0.05) is 20.8 Å². The average Bonchev–Trinajstić information content (AvgIpc) is 3.31. The highest BCUT2D eigenvalue weighted by molar-refractivity contribution is 5.74. The number of rotatable bonds is 10. The Bertz CT molecular complexity index is 1640. The molecular formula is C49H92N10O13. The van der Waals surface area contributed by atoms with E-state index in [1.807, 2.05) is 34.7 Å². The molecule has 23 nitrogen and oxygen atoms in total. The second kappa shape index (κ2) is 38.5. The number of non-ortho nitro benzene ring substituents is 1. The second-order valence-corrected chi connectivity index (χ2v) is 18.3. The predicted molar refractivity (Wildman–Crippen MR) is 277 cm³/mol. The smallest absolute Gasteiger partial charge is 0.447 e. The van der Waals surface area contributed by atoms with Gasteiger partial charge in [-0.3, -0.25) is 14.9 Å². The van der Waals surface area contributed by atoms with Crippen molar-refractivity contribution in [1.29, 1.82) is 0 Å². The molecule has 4 heterocycles. The molecular weight excluding hydrogens is 937 g/mol. The fraction of sp³-hybridized carbons (Fsp3) is 0.776. The molecule has 3 amide bonds. The van der Waals surface area contributed by atoms with Crippen LogP contribution < -0.4 is 10.1 Å². The minimum atomic E-state index is -0.830. The number of nitrogens with one attached hydrogen (secondary N) is 1. The van der Waals surface area contributed by atoms with E-state index in [4.69, 9.17) is 28.5 Å². The number of nitro benzene ring substituents is 1. The summed E-state index contributed by atoms with van der Waals surface area (Å²) in [6.45, 7) is 39.8. The summed E-state index contributed by atoms with van der Waals surface area (Å²) in [4.78, 5) is 85.2. The Hall–Kier alpha value is -5.07. The maximum absolute atomic E-state index is 11.5. The molecule has 0 spiro atoms. The lowest BCUT2D eigenvalue weighted by atomic mass is 10.3. The van der Waals surface area contributed by atoms with Gasteiger partial charge in [0.05, 0.1) is 29.3 Å². The summed E-state index contributed by atoms with van der Waals surface area (Å²) in [6, 6.07) is 5.16. The van der Waals surface area contributed by atoms with Crippen molar-refractivity contribution in [2.45, 2.75) is 108 Å². The molecule has 0 bridgehead atoms. The van der Waals surface area contributed by atoms with Crippen LogP contribution in [0.2, 0.25) is 0 Å². The van der Waals surface area contributed by atoms with Gasteiger partial charge in [-0.25, -0.2) is 19.2 Å². The van der Waals surface area contributed by atoms with E-state index in [1.165, 1.54) is 57.0 Å². The molecule has 5 rings (SSSR count). The first kappa shape index (κ1) is 66.9. The zero-order valence-corrected chi connectivity index (χ0v) is 46.4. The molecule has 0 atom stereocenters. The molecule has 0 radical (unpaired) electrons. The SMILES string of the molecule is CC(=O)N1CCN(C(=O)OC(C)C)CC1.CC(C)OC(=O)N1CCN(C)CC1.CC(C)OC(=O)ON1CCN(C)CC1.CC(C)OC(=O)Oc1ccc([N+](=O)[O-])cc1.CCN(CC)CC.CN1CCNCC1. The molecule has 4 aliphatic heterocycles. The molecule has 23 heteroatoms. The second-order valence-electron chi connectivity index (χ2n) is 18.3. The minimum absolute atomic E-state index is 0.0212. The molecule has 4 aliphatic rings. The van der Waals surface area contributed by atoms with E-state index in [0.717, 1.165) is 65.4 Å². The summed E-state index contributed by atoms with van der Waals surface area (Å²) in [5.74, 6) is 0.267. The van der Waals surface area contributed by atoms with Crippen molar-refractivity contribution in [1.82, 2.24) is 44.7 Å². The number of piperazine rings is 4. The maximum atomic E-state index is 11.5. The van der Waals surface area contributed by atoms with Crippen molar-refractivity contribution < 1.29 is 57.4 Å². The summed E-state index contributed by atoms with van der Waals surface area (Å²) >= 11 is 0. The van der Waals surface area contributed by atoms with Crippen LogP contribution in [0.5, 0.6) is 5.75 Å². The Morgan fingerprint density at radius 3 is 1.25 bits per heavy atom. The molecule has 0 aromatic heterocycles. The van der Waals surface area contributed by atoms with Crippen LogP contribution in [-0.2, 0) is 28.6 Å². The summed E-state index contributed by atoms with van der Waals surface area (Å²) in [7, 11) is 6.26. The van der Waals surface area contributed by atoms with Gasteiger partial charge in [-0.05, 0) is 108 Å². The Morgan fingerprint density at radius 2 is 0.917 bits per heavy atom. The van der Waals surface area contributed by atoms with E-state index in [9.17, 15) is 34.1 Å². The number of hydrogen-bond donors (Lipinski definition) is 1. The number of nitro groups is 1. The van der Waals surface area contributed by atoms with Gasteiger partial charge in [-0.2, -0.15) is 0 Å². The van der Waals surface area contributed by atoms with Gasteiger partial charge < -0.3 is 68.1 Å². The van der Waals surface area contributed by atoms with Crippen molar-refractivity contribution in [3.05, 3.63) is 34.4 Å². The highest BCUT2D eigenvalue weighted by Crippen LogP contribution is 2.18. The summed E-state index contributed by atoms with van der Waals surface area (Å²) in [5, 5.41) is 15.3. The molecule has 416 valence electrons. The number of benzene rings is 1. The monoisotopic (exact) mass is 1030 g/mol. The van der Waals surface area contributed by atoms with Gasteiger partial charge in [0.2, 0.25) is 5.91 Å². The number of hydrogen-bond acceptors (Lipinski definition) is 19. The van der Waals surface area contributed by atoms with Crippen LogP contribution in [0.15, 0.2) is 24.3 Å². The Kier molecular flexibility index (Phi) is 35.8. The largest absolute Gasteiger partial charge is 0.528 e. The predicted octanol–water partition coefficient (Wildman–Crippen LogP) is 5.57. The molecule has 4 saturated heterocycles. The minimum Gasteiger partial charge on any atom is -0.447 e. The first-order chi connectivity index (χ1) is 33.9. The Balaban J connectivity index is 0.000000860. The third-order valence-corrected chi connectivity index (χ3v) is 10.7. The van der Waals surface area contributed by atoms with Gasteiger partial charge >= 0.3 is 24.5 Å². The van der Waals surface area contributed by atoms with Gasteiger partial charge in [-0.15, -0.1) is 5.06 Å². The van der Waals surface area contributed by atoms with Gasteiger partial charge in [0.1, 0.15) is 5.75 Å². The van der Waals surface area contributed by atoms with Crippen molar-refractivity contribution >= 4 is 36.1 Å². The highest BCUT2D eigenvalue weighted by atomic mass is 16.8. The number of hydroxylamine groups is 2. The lowest BCUT2D eigenvalue weighted by molar-refractivity contribution is -0.384. The number of carbonyl (C=O) groups excluding carboxylic acids is 5. The van der Waals surface area contributed by atoms with Crippen LogP contribution in [0.4, 0.5) is 24.9 Å². The van der Waals surface area contributed by atoms with Crippen molar-refractivity contribution in [2.24, 2.45) is 0 Å². The maximum Gasteiger partial charge on any atom is 0.528 e. The number of amides is 3. The van der Waals surface area contributed by atoms with Gasteiger partial charge in [0.15, 0.2) is 0 Å². The van der Waals surface area contributed by atoms with E-state index in [-0.39, 0.29) is 53.9 Å². The van der Waals surface area contributed by atoms with Crippen molar-refractivity contribution in [2.75, 3.05) is 145 Å². The lowest BCUT2D eigenvalue weighted by Crippen LogP contribution is -2.50. The van der Waals surface area contributed by atoms with Crippen LogP contribution in [-0.4, -0.2) is 245 Å². The standard InChI is InChI=1S/C10H18N2O3.C10H11NO5.C9H18N2O3.C9H18N2O2.C6H15N.C5H12N2/c1-8(2)15-10(14)12-6-4-11(5-7-12)9(3)13;1-7(2)15-10(12)16-9-5-3-8(4-6-9)11(13)14;1-8(2)13-9(12)14-11-6-4-10(3)5-7-11;1-8(2)13-9(12)11-6-4-10(3)5-7-11;1-4-7(5-2)6-3;1-7-4-2-6-3-5-7/h8H,4-7H2,1-3H3;3-7H,1-2H3;8H,4-7H2,1-3H3;8H,4-7H2,1-3H3;4-6H2,1-3H3;6H,2-5H2,1H3. The van der Waals surface area contributed by atoms with Gasteiger partial charge in [0.25, 0.3) is 5.69 Å². The Morgan fingerprint density at radius 1 is 0.556 bits per heavy atom. The molecule has 1 aromatic carbocycles. The van der Waals surface area contributed by atoms with E-state index in [1.54, 1.807) is 54.4 Å². The van der Waals surface area contributed by atoms with Gasteiger partial charge in [0, 0.05) is 124 Å². The normalized spacial score (nSPS) is 16.5. The van der Waals surface area contributed by atoms with E-state index in [2.05, 4.69) is 59.8 Å². The average molecular weight is 1030 g/mol. The summed E-state index contributed by atoms with van der Waals surface area (Å²) in [6.07, 6.45) is -2.42. The number of carbonyl (C=O) groups is 5. The highest BCUT2D eigenvalue weighted by Gasteiger charge is 2.24. The van der Waals surface area contributed by atoms with Crippen molar-refractivity contribution in [3.63, 3.8) is 0 Å². The van der Waals surface area contributed by atoms with Crippen LogP contribution in [0.1, 0.15) is 83.1 Å². The third-order valence-electron chi connectivity index (χ3n) is 10.7. The zero-order valence-electron chi connectivity index (χ0n) is 46.4. The number of nitrogens with zero attached hydrogens (tertiary/aromatic N) is 9. The number of ether oxygens (including phenoxy) is 5. The van der Waals surface area contributed by atoms with E-state index in [0.29, 0.717) is 26.2 Å². The van der Waals surface area contributed by atoms with Crippen LogP contribution in [0.25, 0.3) is 0 Å². The van der Waals surface area contributed by atoms with Crippen LogP contribution in [0.3, 0.4) is 0 Å². The molecule has 72 heavy (non-hydrogen) atoms. The topological polar surface area (TPSA) is 222 Å². The molecule has 1 aromatic rings. The summed E-state index contributed by atoms with van der Waals surface area (Å²) in [5.41, 5.74) is -0.0652. The third kappa shape index (κ3) is 33.6. The summed E-state index contributed by atoms with van der Waals surface area (Å²) < 4.78 is 24.5. The fourth-order valence-electron chi connectivity index (χ4n) is 6.34. The lowest BCUT2D eigenvalue weighted by Gasteiger charge is -2.33. The molecule has 4 fully saturated rings. The van der Waals surface area contributed by atoms with E-state index >= 15 is 0 Å². The van der Waals surface area contributed by atoms with Crippen molar-refractivity contribution in [3.8, 4) is 5.75 Å². The Labute approximate surface area is 430 Å². The number of likely N-dealkylation sites (N-methyl/N-ethyl adjacent to an activating group) is 3. The molecule has 0 unspecified atom stereocenters. The zero-order chi connectivity index (χ0) is 54.8. The van der Waals surface area contributed by atoms with E-state index < -0.39 is 17.2 Å². The molecule has 1 N–H and O–H groups in total. The molecule has 0 saturated carbocycles. The molecule has 0 aliphatic carbocycles. The first-order valence-electron chi connectivity index (χ1n) is 25.3. The fourth-order valence-corrected chi connectivity index (χ4v) is 6.34. The first-order valence-corrected chi connectivity index (χ1v) is 25.3. The van der Waals surface area contributed by atoms with Crippen LogP contribution >= 0.6 is 0 Å².